The Hall–Kier alpha value is -2.87. The van der Waals surface area contributed by atoms with Gasteiger partial charge >= 0.3 is 0 Å². The fourth-order valence-corrected chi connectivity index (χ4v) is 3.02. The van der Waals surface area contributed by atoms with E-state index in [0.29, 0.717) is 43.4 Å². The van der Waals surface area contributed by atoms with Crippen molar-refractivity contribution >= 4 is 5.96 Å². The third-order valence-electron chi connectivity index (χ3n) is 4.38. The number of fused-ring (bicyclic) bond motifs is 1. The number of halogens is 2. The molecule has 0 aromatic heterocycles. The molecule has 156 valence electrons. The first-order valence-electron chi connectivity index (χ1n) is 9.44. The van der Waals surface area contributed by atoms with E-state index in [2.05, 4.69) is 15.6 Å². The first-order chi connectivity index (χ1) is 14.1. The van der Waals surface area contributed by atoms with Crippen molar-refractivity contribution in [2.75, 3.05) is 26.9 Å². The number of guanidine groups is 1. The minimum atomic E-state index is -0.395. The molecule has 1 aliphatic rings. The van der Waals surface area contributed by atoms with Gasteiger partial charge in [-0.25, -0.2) is 8.78 Å². The van der Waals surface area contributed by atoms with Crippen LogP contribution < -0.4 is 20.1 Å². The molecule has 2 aromatic carbocycles. The van der Waals surface area contributed by atoms with Crippen LogP contribution in [0.1, 0.15) is 18.1 Å². The zero-order chi connectivity index (χ0) is 20.6. The number of rotatable bonds is 7. The van der Waals surface area contributed by atoms with Crippen molar-refractivity contribution in [1.82, 2.24) is 10.6 Å². The standard InChI is InChI=1S/C21H25F2N3O3/c1-14(29-19-6-4-3-5-18(19)23)11-26-21(24-2)25-8-7-15-9-17(22)10-16-12-27-13-28-20(15)16/h3-6,9-10,14H,7-8,11-13H2,1-2H3,(H2,24,25,26). The van der Waals surface area contributed by atoms with Crippen LogP contribution >= 0.6 is 0 Å². The number of ether oxygens (including phenoxy) is 3. The van der Waals surface area contributed by atoms with Crippen molar-refractivity contribution in [2.24, 2.45) is 4.99 Å². The SMILES string of the molecule is CN=C(NCCc1cc(F)cc2c1OCOC2)NCC(C)Oc1ccccc1F. The largest absolute Gasteiger partial charge is 0.486 e. The van der Waals surface area contributed by atoms with Crippen molar-refractivity contribution in [3.63, 3.8) is 0 Å². The molecular formula is C21H25F2N3O3. The summed E-state index contributed by atoms with van der Waals surface area (Å²) >= 11 is 0. The van der Waals surface area contributed by atoms with E-state index in [9.17, 15) is 8.78 Å². The molecule has 0 spiro atoms. The van der Waals surface area contributed by atoms with E-state index in [1.54, 1.807) is 25.2 Å². The molecule has 1 aliphatic heterocycles. The molecule has 0 amide bonds. The highest BCUT2D eigenvalue weighted by molar-refractivity contribution is 5.79. The molecular weight excluding hydrogens is 380 g/mol. The Labute approximate surface area is 168 Å². The Morgan fingerprint density at radius 2 is 2.07 bits per heavy atom. The number of aliphatic imine (C=N–C) groups is 1. The summed E-state index contributed by atoms with van der Waals surface area (Å²) in [6.45, 7) is 3.32. The van der Waals surface area contributed by atoms with Crippen LogP contribution in [-0.2, 0) is 17.8 Å². The molecule has 0 radical (unpaired) electrons. The van der Waals surface area contributed by atoms with Gasteiger partial charge in [-0.05, 0) is 43.2 Å². The van der Waals surface area contributed by atoms with Gasteiger partial charge in [0.1, 0.15) is 17.7 Å². The first kappa shape index (κ1) is 20.9. The summed E-state index contributed by atoms with van der Waals surface area (Å²) in [5, 5.41) is 6.31. The predicted octanol–water partition coefficient (Wildman–Crippen LogP) is 3.01. The van der Waals surface area contributed by atoms with Gasteiger partial charge in [-0.15, -0.1) is 0 Å². The Morgan fingerprint density at radius 3 is 2.86 bits per heavy atom. The second-order valence-electron chi connectivity index (χ2n) is 6.65. The van der Waals surface area contributed by atoms with Crippen LogP contribution in [0.5, 0.6) is 11.5 Å². The zero-order valence-electron chi connectivity index (χ0n) is 16.5. The second kappa shape index (κ2) is 10.1. The van der Waals surface area contributed by atoms with Gasteiger partial charge in [-0.2, -0.15) is 0 Å². The van der Waals surface area contributed by atoms with Crippen LogP contribution in [0, 0.1) is 11.6 Å². The lowest BCUT2D eigenvalue weighted by Gasteiger charge is -2.21. The molecule has 1 atom stereocenters. The Kier molecular flexibility index (Phi) is 7.24. The highest BCUT2D eigenvalue weighted by atomic mass is 19.1. The molecule has 0 saturated carbocycles. The van der Waals surface area contributed by atoms with E-state index in [1.165, 1.54) is 18.2 Å². The van der Waals surface area contributed by atoms with Crippen LogP contribution in [-0.4, -0.2) is 39.0 Å². The number of benzene rings is 2. The summed E-state index contributed by atoms with van der Waals surface area (Å²) < 4.78 is 43.8. The summed E-state index contributed by atoms with van der Waals surface area (Å²) in [7, 11) is 1.65. The lowest BCUT2D eigenvalue weighted by molar-refractivity contribution is -0.0172. The van der Waals surface area contributed by atoms with Gasteiger partial charge in [-0.1, -0.05) is 12.1 Å². The molecule has 0 bridgehead atoms. The number of hydrogen-bond donors (Lipinski definition) is 2. The van der Waals surface area contributed by atoms with Gasteiger partial charge in [0.05, 0.1) is 13.2 Å². The highest BCUT2D eigenvalue weighted by Crippen LogP contribution is 2.29. The number of nitrogens with zero attached hydrogens (tertiary/aromatic N) is 1. The van der Waals surface area contributed by atoms with Crippen LogP contribution in [0.4, 0.5) is 8.78 Å². The summed E-state index contributed by atoms with van der Waals surface area (Å²) in [5.41, 5.74) is 1.50. The molecule has 8 heteroatoms. The van der Waals surface area contributed by atoms with Gasteiger partial charge < -0.3 is 24.8 Å². The van der Waals surface area contributed by atoms with Crippen molar-refractivity contribution in [3.05, 3.63) is 59.2 Å². The van der Waals surface area contributed by atoms with Gasteiger partial charge in [0.25, 0.3) is 0 Å². The lowest BCUT2D eigenvalue weighted by Crippen LogP contribution is -2.42. The van der Waals surface area contributed by atoms with E-state index >= 15 is 0 Å². The van der Waals surface area contributed by atoms with Crippen molar-refractivity contribution in [1.29, 1.82) is 0 Å². The Morgan fingerprint density at radius 1 is 1.24 bits per heavy atom. The van der Waals surface area contributed by atoms with Crippen LogP contribution in [0.2, 0.25) is 0 Å². The maximum atomic E-state index is 13.8. The molecule has 1 unspecified atom stereocenters. The van der Waals surface area contributed by atoms with E-state index < -0.39 is 5.82 Å². The first-order valence-corrected chi connectivity index (χ1v) is 9.44. The third-order valence-corrected chi connectivity index (χ3v) is 4.38. The maximum Gasteiger partial charge on any atom is 0.191 e. The smallest absolute Gasteiger partial charge is 0.191 e. The number of nitrogens with one attached hydrogen (secondary N) is 2. The van der Waals surface area contributed by atoms with Crippen molar-refractivity contribution in [2.45, 2.75) is 26.1 Å². The second-order valence-corrected chi connectivity index (χ2v) is 6.65. The molecule has 2 N–H and O–H groups in total. The summed E-state index contributed by atoms with van der Waals surface area (Å²) in [5.74, 6) is 0.768. The average molecular weight is 405 g/mol. The van der Waals surface area contributed by atoms with E-state index in [4.69, 9.17) is 14.2 Å². The summed E-state index contributed by atoms with van der Waals surface area (Å²) in [6.07, 6.45) is 0.288. The summed E-state index contributed by atoms with van der Waals surface area (Å²) in [4.78, 5) is 4.16. The van der Waals surface area contributed by atoms with E-state index in [0.717, 1.165) is 5.56 Å². The zero-order valence-corrected chi connectivity index (χ0v) is 16.5. The summed E-state index contributed by atoms with van der Waals surface area (Å²) in [6, 6.07) is 9.20. The van der Waals surface area contributed by atoms with Gasteiger partial charge in [0.15, 0.2) is 24.3 Å². The minimum Gasteiger partial charge on any atom is -0.486 e. The number of para-hydroxylation sites is 1. The van der Waals surface area contributed by atoms with Gasteiger partial charge in [0.2, 0.25) is 0 Å². The molecule has 0 saturated heterocycles. The molecule has 29 heavy (non-hydrogen) atoms. The van der Waals surface area contributed by atoms with Gasteiger partial charge in [-0.3, -0.25) is 4.99 Å². The van der Waals surface area contributed by atoms with Crippen LogP contribution in [0.25, 0.3) is 0 Å². The third kappa shape index (κ3) is 5.80. The minimum absolute atomic E-state index is 0.169. The van der Waals surface area contributed by atoms with E-state index in [-0.39, 0.29) is 24.5 Å². The van der Waals surface area contributed by atoms with Crippen LogP contribution in [0.3, 0.4) is 0 Å². The Balaban J connectivity index is 1.48. The molecule has 1 heterocycles. The van der Waals surface area contributed by atoms with Crippen molar-refractivity contribution < 1.29 is 23.0 Å². The predicted molar refractivity (Wildman–Crippen MR) is 106 cm³/mol. The maximum absolute atomic E-state index is 13.8. The van der Waals surface area contributed by atoms with Gasteiger partial charge in [0, 0.05) is 19.2 Å². The highest BCUT2D eigenvalue weighted by Gasteiger charge is 2.17. The lowest BCUT2D eigenvalue weighted by atomic mass is 10.1. The average Bonchev–Trinajstić information content (AvgIpc) is 2.72. The fourth-order valence-electron chi connectivity index (χ4n) is 3.02. The molecule has 6 nitrogen and oxygen atoms in total. The normalized spacial score (nSPS) is 14.6. The monoisotopic (exact) mass is 405 g/mol. The quantitative estimate of drug-likeness (QED) is 0.548. The molecule has 0 fully saturated rings. The topological polar surface area (TPSA) is 64.1 Å². The molecule has 3 rings (SSSR count). The van der Waals surface area contributed by atoms with Crippen molar-refractivity contribution in [3.8, 4) is 11.5 Å². The molecule has 2 aromatic rings. The molecule has 0 aliphatic carbocycles. The Bertz CT molecular complexity index is 861. The van der Waals surface area contributed by atoms with E-state index in [1.807, 2.05) is 6.92 Å². The number of hydrogen-bond acceptors (Lipinski definition) is 4. The van der Waals surface area contributed by atoms with Crippen LogP contribution in [0.15, 0.2) is 41.4 Å². The fraction of sp³-hybridized carbons (Fsp3) is 0.381.